The molecule has 5 rings (SSSR count). The molecule has 3 aromatic rings. The Hall–Kier alpha value is -4.11. The first kappa shape index (κ1) is 20.8. The maximum absolute atomic E-state index is 12.7. The SMILES string of the molecule is COc1cc(C2COc3ccc([C@@H]4Oc5cc(O)cc(O)c5C(=O)C4O)cc3O2)ccc1O. The summed E-state index contributed by atoms with van der Waals surface area (Å²) in [5, 5.41) is 40.2. The first-order valence-corrected chi connectivity index (χ1v) is 10.1. The number of rotatable bonds is 3. The number of carbonyl (C=O) groups is 1. The summed E-state index contributed by atoms with van der Waals surface area (Å²) >= 11 is 0. The molecule has 3 atom stereocenters. The summed E-state index contributed by atoms with van der Waals surface area (Å²) in [5.41, 5.74) is 0.982. The fourth-order valence-electron chi connectivity index (χ4n) is 3.99. The van der Waals surface area contributed by atoms with Gasteiger partial charge in [-0.3, -0.25) is 4.79 Å². The molecule has 0 aromatic heterocycles. The van der Waals surface area contributed by atoms with Crippen molar-refractivity contribution >= 4 is 5.78 Å². The molecule has 0 saturated carbocycles. The number of fused-ring (bicyclic) bond motifs is 2. The lowest BCUT2D eigenvalue weighted by atomic mass is 9.92. The second kappa shape index (κ2) is 7.79. The zero-order valence-electron chi connectivity index (χ0n) is 17.4. The molecule has 9 nitrogen and oxygen atoms in total. The van der Waals surface area contributed by atoms with Gasteiger partial charge in [-0.15, -0.1) is 0 Å². The molecule has 0 aliphatic carbocycles. The lowest BCUT2D eigenvalue weighted by molar-refractivity contribution is 0.0207. The molecule has 2 aliphatic heterocycles. The maximum Gasteiger partial charge on any atom is 0.202 e. The second-order valence-corrected chi connectivity index (χ2v) is 7.74. The molecule has 0 saturated heterocycles. The van der Waals surface area contributed by atoms with E-state index in [9.17, 15) is 25.2 Å². The van der Waals surface area contributed by atoms with Crippen LogP contribution >= 0.6 is 0 Å². The predicted molar refractivity (Wildman–Crippen MR) is 113 cm³/mol. The van der Waals surface area contributed by atoms with E-state index in [0.29, 0.717) is 22.8 Å². The van der Waals surface area contributed by atoms with Crippen LogP contribution in [0, 0.1) is 0 Å². The van der Waals surface area contributed by atoms with Gasteiger partial charge in [0, 0.05) is 12.1 Å². The number of ketones is 1. The third-order valence-corrected chi connectivity index (χ3v) is 5.65. The van der Waals surface area contributed by atoms with E-state index >= 15 is 0 Å². The van der Waals surface area contributed by atoms with Crippen LogP contribution in [0.4, 0.5) is 0 Å². The molecular weight excluding hydrogens is 432 g/mol. The van der Waals surface area contributed by atoms with Crippen LogP contribution in [-0.4, -0.2) is 46.0 Å². The molecular formula is C24H20O9. The van der Waals surface area contributed by atoms with Crippen LogP contribution in [0.5, 0.6) is 40.2 Å². The molecule has 0 bridgehead atoms. The van der Waals surface area contributed by atoms with Crippen LogP contribution in [0.1, 0.15) is 33.7 Å². The van der Waals surface area contributed by atoms with Gasteiger partial charge < -0.3 is 39.4 Å². The first-order valence-electron chi connectivity index (χ1n) is 10.1. The van der Waals surface area contributed by atoms with Crippen molar-refractivity contribution in [3.63, 3.8) is 0 Å². The van der Waals surface area contributed by atoms with Gasteiger partial charge in [0.05, 0.1) is 7.11 Å². The topological polar surface area (TPSA) is 135 Å². The quantitative estimate of drug-likeness (QED) is 0.473. The van der Waals surface area contributed by atoms with Gasteiger partial charge in [-0.1, -0.05) is 12.1 Å². The van der Waals surface area contributed by atoms with Crippen molar-refractivity contribution in [2.45, 2.75) is 18.3 Å². The number of ether oxygens (including phenoxy) is 4. The van der Waals surface area contributed by atoms with E-state index in [1.54, 1.807) is 30.3 Å². The highest BCUT2D eigenvalue weighted by Gasteiger charge is 2.39. The molecule has 0 fully saturated rings. The second-order valence-electron chi connectivity index (χ2n) is 7.74. The fourth-order valence-corrected chi connectivity index (χ4v) is 3.99. The number of aliphatic hydroxyl groups excluding tert-OH is 1. The Morgan fingerprint density at radius 1 is 0.879 bits per heavy atom. The number of hydrogen-bond donors (Lipinski definition) is 4. The Labute approximate surface area is 188 Å². The van der Waals surface area contributed by atoms with E-state index in [2.05, 4.69) is 0 Å². The highest BCUT2D eigenvalue weighted by Crippen LogP contribution is 2.44. The largest absolute Gasteiger partial charge is 0.508 e. The van der Waals surface area contributed by atoms with Gasteiger partial charge in [0.15, 0.2) is 41.3 Å². The molecule has 2 aliphatic rings. The number of benzene rings is 3. The van der Waals surface area contributed by atoms with Gasteiger partial charge >= 0.3 is 0 Å². The van der Waals surface area contributed by atoms with Crippen molar-refractivity contribution in [1.29, 1.82) is 0 Å². The summed E-state index contributed by atoms with van der Waals surface area (Å²) in [6.07, 6.45) is -3.15. The third kappa shape index (κ3) is 3.52. The highest BCUT2D eigenvalue weighted by atomic mass is 16.6. The Kier molecular flexibility index (Phi) is 4.90. The maximum atomic E-state index is 12.7. The summed E-state index contributed by atoms with van der Waals surface area (Å²) in [6.45, 7) is 0.229. The van der Waals surface area contributed by atoms with Gasteiger partial charge in [0.1, 0.15) is 29.4 Å². The monoisotopic (exact) mass is 452 g/mol. The smallest absolute Gasteiger partial charge is 0.202 e. The summed E-state index contributed by atoms with van der Waals surface area (Å²) in [7, 11) is 1.45. The van der Waals surface area contributed by atoms with Crippen molar-refractivity contribution in [3.8, 4) is 40.2 Å². The molecule has 4 N–H and O–H groups in total. The minimum absolute atomic E-state index is 0.00567. The van der Waals surface area contributed by atoms with E-state index in [1.807, 2.05) is 0 Å². The van der Waals surface area contributed by atoms with Crippen LogP contribution in [0.15, 0.2) is 48.5 Å². The zero-order chi connectivity index (χ0) is 23.3. The first-order chi connectivity index (χ1) is 15.9. The van der Waals surface area contributed by atoms with Gasteiger partial charge in [-0.05, 0) is 35.4 Å². The predicted octanol–water partition coefficient (Wildman–Crippen LogP) is 3.00. The average Bonchev–Trinajstić information content (AvgIpc) is 2.80. The number of carbonyl (C=O) groups excluding carboxylic acids is 1. The lowest BCUT2D eigenvalue weighted by Gasteiger charge is -2.32. The normalized spacial score (nSPS) is 21.2. The third-order valence-electron chi connectivity index (χ3n) is 5.65. The molecule has 2 unspecified atom stereocenters. The van der Waals surface area contributed by atoms with Crippen LogP contribution in [-0.2, 0) is 0 Å². The van der Waals surface area contributed by atoms with Crippen LogP contribution in [0.25, 0.3) is 0 Å². The number of aliphatic hydroxyl groups is 1. The Morgan fingerprint density at radius 3 is 2.45 bits per heavy atom. The Morgan fingerprint density at radius 2 is 1.67 bits per heavy atom. The van der Waals surface area contributed by atoms with E-state index in [1.165, 1.54) is 19.2 Å². The van der Waals surface area contributed by atoms with Gasteiger partial charge in [0.2, 0.25) is 5.78 Å². The molecule has 0 amide bonds. The number of phenolic OH excluding ortho intramolecular Hbond substituents is 3. The van der Waals surface area contributed by atoms with Crippen LogP contribution in [0.3, 0.4) is 0 Å². The minimum atomic E-state index is -1.58. The summed E-state index contributed by atoms with van der Waals surface area (Å²) in [4.78, 5) is 12.7. The van der Waals surface area contributed by atoms with Gasteiger partial charge in [-0.25, -0.2) is 0 Å². The van der Waals surface area contributed by atoms with Gasteiger partial charge in [-0.2, -0.15) is 0 Å². The molecule has 2 heterocycles. The number of Topliss-reactive ketones (excluding diaryl/α,β-unsaturated/α-hetero) is 1. The number of aromatic hydroxyl groups is 3. The molecule has 0 radical (unpaired) electrons. The lowest BCUT2D eigenvalue weighted by Crippen LogP contribution is -2.36. The number of methoxy groups -OCH3 is 1. The fraction of sp³-hybridized carbons (Fsp3) is 0.208. The molecule has 0 spiro atoms. The van der Waals surface area contributed by atoms with Crippen LogP contribution in [0.2, 0.25) is 0 Å². The number of phenols is 3. The van der Waals surface area contributed by atoms with E-state index in [0.717, 1.165) is 11.6 Å². The van der Waals surface area contributed by atoms with E-state index < -0.39 is 29.8 Å². The molecule has 33 heavy (non-hydrogen) atoms. The highest BCUT2D eigenvalue weighted by molar-refractivity contribution is 6.05. The molecule has 3 aromatic carbocycles. The van der Waals surface area contributed by atoms with Gasteiger partial charge in [0.25, 0.3) is 0 Å². The van der Waals surface area contributed by atoms with Crippen molar-refractivity contribution in [2.75, 3.05) is 13.7 Å². The Balaban J connectivity index is 1.45. The number of hydrogen-bond acceptors (Lipinski definition) is 9. The van der Waals surface area contributed by atoms with Crippen molar-refractivity contribution in [2.24, 2.45) is 0 Å². The van der Waals surface area contributed by atoms with Crippen molar-refractivity contribution < 1.29 is 44.2 Å². The van der Waals surface area contributed by atoms with E-state index in [-0.39, 0.29) is 29.4 Å². The zero-order valence-corrected chi connectivity index (χ0v) is 17.4. The van der Waals surface area contributed by atoms with Crippen molar-refractivity contribution in [1.82, 2.24) is 0 Å². The molecule has 9 heteroatoms. The minimum Gasteiger partial charge on any atom is -0.508 e. The van der Waals surface area contributed by atoms with Crippen molar-refractivity contribution in [3.05, 3.63) is 65.2 Å². The Bertz CT molecular complexity index is 1250. The van der Waals surface area contributed by atoms with E-state index in [4.69, 9.17) is 18.9 Å². The van der Waals surface area contributed by atoms with Crippen LogP contribution < -0.4 is 18.9 Å². The molecule has 170 valence electrons. The average molecular weight is 452 g/mol. The summed E-state index contributed by atoms with van der Waals surface area (Å²) < 4.78 is 22.8. The standard InChI is InChI=1S/C24H20O9/c1-30-17-6-11(2-4-14(17)26)20-10-31-16-5-3-12(7-18(16)32-20)24-23(29)22(28)21-15(27)8-13(25)9-19(21)33-24/h2-9,20,23-27,29H,10H2,1H3/t20?,23?,24-/m0/s1. The summed E-state index contributed by atoms with van der Waals surface area (Å²) in [5.74, 6) is -0.328. The summed E-state index contributed by atoms with van der Waals surface area (Å²) in [6, 6.07) is 12.0.